The SMILES string of the molecule is C=CCOc1cccc(C2C(C(=O)/C=C/c3ccccc3)=C(O)C(=O)N2c2nc3ccc(OCC)cc3s2)c1. The standard InChI is InChI=1S/C31H26N2O5S/c1-3-17-38-22-12-8-11-21(18-22)28-27(25(34)16-13-20-9-6-5-7-10-20)29(35)30(36)33(28)31-32-24-15-14-23(37-4-2)19-26(24)39-31/h3,5-16,18-19,28,35H,1,4,17H2,2H3/b16-13+. The molecule has 8 heteroatoms. The van der Waals surface area contributed by atoms with Crippen LogP contribution in [-0.4, -0.2) is 35.0 Å². The highest BCUT2D eigenvalue weighted by Crippen LogP contribution is 2.44. The zero-order chi connectivity index (χ0) is 27.4. The number of allylic oxidation sites excluding steroid dienone is 1. The summed E-state index contributed by atoms with van der Waals surface area (Å²) in [6.45, 7) is 6.40. The molecule has 1 unspecified atom stereocenters. The van der Waals surface area contributed by atoms with Crippen LogP contribution < -0.4 is 14.4 Å². The summed E-state index contributed by atoms with van der Waals surface area (Å²) in [6, 6.07) is 21.0. The molecule has 1 aromatic heterocycles. The minimum absolute atomic E-state index is 0.0256. The Bertz CT molecular complexity index is 1610. The number of amides is 1. The number of fused-ring (bicyclic) bond motifs is 1. The number of aromatic nitrogens is 1. The second-order valence-electron chi connectivity index (χ2n) is 8.68. The lowest BCUT2D eigenvalue weighted by Crippen LogP contribution is -2.30. The van der Waals surface area contributed by atoms with E-state index < -0.39 is 23.5 Å². The first-order valence-corrected chi connectivity index (χ1v) is 13.2. The topological polar surface area (TPSA) is 89.0 Å². The summed E-state index contributed by atoms with van der Waals surface area (Å²) < 4.78 is 12.1. The Morgan fingerprint density at radius 3 is 2.64 bits per heavy atom. The van der Waals surface area contributed by atoms with Gasteiger partial charge in [0.25, 0.3) is 5.91 Å². The summed E-state index contributed by atoms with van der Waals surface area (Å²) in [7, 11) is 0. The van der Waals surface area contributed by atoms with Gasteiger partial charge in [-0.2, -0.15) is 0 Å². The first-order valence-electron chi connectivity index (χ1n) is 12.4. The lowest BCUT2D eigenvalue weighted by Gasteiger charge is -2.24. The minimum atomic E-state index is -0.912. The van der Waals surface area contributed by atoms with Crippen molar-refractivity contribution in [1.29, 1.82) is 0 Å². The van der Waals surface area contributed by atoms with Crippen LogP contribution in [-0.2, 0) is 9.59 Å². The van der Waals surface area contributed by atoms with Gasteiger partial charge in [0.15, 0.2) is 16.7 Å². The van der Waals surface area contributed by atoms with E-state index in [2.05, 4.69) is 11.6 Å². The molecular weight excluding hydrogens is 512 g/mol. The van der Waals surface area contributed by atoms with Gasteiger partial charge >= 0.3 is 0 Å². The molecule has 1 N–H and O–H groups in total. The van der Waals surface area contributed by atoms with Crippen molar-refractivity contribution in [3.05, 3.63) is 114 Å². The van der Waals surface area contributed by atoms with Gasteiger partial charge in [-0.15, -0.1) is 0 Å². The minimum Gasteiger partial charge on any atom is -0.503 e. The highest BCUT2D eigenvalue weighted by atomic mass is 32.1. The molecule has 0 fully saturated rings. The second-order valence-corrected chi connectivity index (χ2v) is 9.69. The van der Waals surface area contributed by atoms with Crippen molar-refractivity contribution in [2.45, 2.75) is 13.0 Å². The monoisotopic (exact) mass is 538 g/mol. The van der Waals surface area contributed by atoms with E-state index in [4.69, 9.17) is 9.47 Å². The number of benzene rings is 3. The van der Waals surface area contributed by atoms with Crippen molar-refractivity contribution in [2.24, 2.45) is 0 Å². The van der Waals surface area contributed by atoms with Crippen LogP contribution in [0, 0.1) is 0 Å². The maximum Gasteiger partial charge on any atom is 0.296 e. The van der Waals surface area contributed by atoms with E-state index in [9.17, 15) is 14.7 Å². The first kappa shape index (κ1) is 25.9. The Balaban J connectivity index is 1.59. The molecule has 0 bridgehead atoms. The van der Waals surface area contributed by atoms with Crippen molar-refractivity contribution >= 4 is 44.5 Å². The van der Waals surface area contributed by atoms with Gasteiger partial charge in [-0.05, 0) is 54.5 Å². The molecule has 0 saturated carbocycles. The Morgan fingerprint density at radius 1 is 1.08 bits per heavy atom. The fourth-order valence-corrected chi connectivity index (χ4v) is 5.40. The molecule has 0 spiro atoms. The number of nitrogens with zero attached hydrogens (tertiary/aromatic N) is 2. The third kappa shape index (κ3) is 5.32. The zero-order valence-electron chi connectivity index (χ0n) is 21.2. The Morgan fingerprint density at radius 2 is 1.87 bits per heavy atom. The van der Waals surface area contributed by atoms with Crippen LogP contribution in [0.1, 0.15) is 24.1 Å². The van der Waals surface area contributed by atoms with E-state index in [0.29, 0.717) is 40.9 Å². The molecule has 1 amide bonds. The average Bonchev–Trinajstić information content (AvgIpc) is 3.49. The molecule has 4 aromatic rings. The van der Waals surface area contributed by atoms with Gasteiger partial charge in [0.2, 0.25) is 0 Å². The number of anilines is 1. The molecule has 5 rings (SSSR count). The van der Waals surface area contributed by atoms with Gasteiger partial charge in [-0.3, -0.25) is 14.5 Å². The van der Waals surface area contributed by atoms with E-state index >= 15 is 0 Å². The van der Waals surface area contributed by atoms with E-state index in [0.717, 1.165) is 10.3 Å². The Labute approximate surface area is 229 Å². The van der Waals surface area contributed by atoms with Crippen LogP contribution >= 0.6 is 11.3 Å². The van der Waals surface area contributed by atoms with Gasteiger partial charge in [0.05, 0.1) is 28.4 Å². The molecule has 196 valence electrons. The smallest absolute Gasteiger partial charge is 0.296 e. The second kappa shape index (κ2) is 11.4. The van der Waals surface area contributed by atoms with E-state index in [1.54, 1.807) is 36.4 Å². The van der Waals surface area contributed by atoms with E-state index in [1.807, 2.05) is 55.5 Å². The fourth-order valence-electron chi connectivity index (χ4n) is 4.38. The Hall–Kier alpha value is -4.69. The molecule has 1 aliphatic rings. The highest BCUT2D eigenvalue weighted by Gasteiger charge is 2.45. The van der Waals surface area contributed by atoms with Gasteiger partial charge in [-0.25, -0.2) is 4.98 Å². The summed E-state index contributed by atoms with van der Waals surface area (Å²) in [5.41, 5.74) is 2.07. The Kier molecular flexibility index (Phi) is 7.56. The van der Waals surface area contributed by atoms with Crippen LogP contribution in [0.3, 0.4) is 0 Å². The van der Waals surface area contributed by atoms with Gasteiger partial charge in [-0.1, -0.05) is 72.5 Å². The fraction of sp³-hybridized carbons (Fsp3) is 0.129. The number of ketones is 1. The third-order valence-electron chi connectivity index (χ3n) is 6.11. The summed E-state index contributed by atoms with van der Waals surface area (Å²) >= 11 is 1.28. The summed E-state index contributed by atoms with van der Waals surface area (Å²) in [5, 5.41) is 11.4. The number of aliphatic hydroxyl groups is 1. The van der Waals surface area contributed by atoms with Crippen LogP contribution in [0.4, 0.5) is 5.13 Å². The van der Waals surface area contributed by atoms with Gasteiger partial charge in [0, 0.05) is 0 Å². The lowest BCUT2D eigenvalue weighted by atomic mass is 9.95. The predicted molar refractivity (Wildman–Crippen MR) is 153 cm³/mol. The summed E-state index contributed by atoms with van der Waals surface area (Å²) in [4.78, 5) is 33.1. The quantitative estimate of drug-likeness (QED) is 0.185. The molecule has 0 saturated heterocycles. The number of ether oxygens (including phenoxy) is 2. The highest BCUT2D eigenvalue weighted by molar-refractivity contribution is 7.22. The van der Waals surface area contributed by atoms with E-state index in [-0.39, 0.29) is 5.57 Å². The number of carbonyl (C=O) groups excluding carboxylic acids is 2. The maximum atomic E-state index is 13.5. The summed E-state index contributed by atoms with van der Waals surface area (Å²) in [5.74, 6) is -0.537. The van der Waals surface area contributed by atoms with Crippen LogP contribution in [0.2, 0.25) is 0 Å². The largest absolute Gasteiger partial charge is 0.503 e. The molecule has 3 aromatic carbocycles. The van der Waals surface area contributed by atoms with Gasteiger partial charge < -0.3 is 14.6 Å². The van der Waals surface area contributed by atoms with Crippen LogP contribution in [0.15, 0.2) is 103 Å². The zero-order valence-corrected chi connectivity index (χ0v) is 22.1. The summed E-state index contributed by atoms with van der Waals surface area (Å²) in [6.07, 6.45) is 4.66. The number of thiazole rings is 1. The molecule has 7 nitrogen and oxygen atoms in total. The van der Waals surface area contributed by atoms with Gasteiger partial charge in [0.1, 0.15) is 18.1 Å². The van der Waals surface area contributed by atoms with E-state index in [1.165, 1.54) is 22.3 Å². The normalized spacial score (nSPS) is 15.4. The van der Waals surface area contributed by atoms with Crippen molar-refractivity contribution in [2.75, 3.05) is 18.1 Å². The first-order chi connectivity index (χ1) is 19.0. The molecule has 39 heavy (non-hydrogen) atoms. The van der Waals surface area contributed by atoms with Crippen LogP contribution in [0.5, 0.6) is 11.5 Å². The number of rotatable bonds is 10. The number of carbonyl (C=O) groups is 2. The number of aliphatic hydroxyl groups excluding tert-OH is 1. The predicted octanol–water partition coefficient (Wildman–Crippen LogP) is 6.44. The molecule has 1 aliphatic heterocycles. The molecule has 0 radical (unpaired) electrons. The van der Waals surface area contributed by atoms with Crippen molar-refractivity contribution in [1.82, 2.24) is 4.98 Å². The third-order valence-corrected chi connectivity index (χ3v) is 7.13. The number of hydrogen-bond acceptors (Lipinski definition) is 7. The molecular formula is C31H26N2O5S. The van der Waals surface area contributed by atoms with Crippen molar-refractivity contribution in [3.63, 3.8) is 0 Å². The van der Waals surface area contributed by atoms with Crippen molar-refractivity contribution in [3.8, 4) is 11.5 Å². The molecule has 2 heterocycles. The van der Waals surface area contributed by atoms with Crippen molar-refractivity contribution < 1.29 is 24.2 Å². The average molecular weight is 539 g/mol. The molecule has 1 atom stereocenters. The number of hydrogen-bond donors (Lipinski definition) is 1. The lowest BCUT2D eigenvalue weighted by molar-refractivity contribution is -0.117. The molecule has 0 aliphatic carbocycles. The van der Waals surface area contributed by atoms with Crippen LogP contribution in [0.25, 0.3) is 16.3 Å². The maximum absolute atomic E-state index is 13.5.